The zero-order chi connectivity index (χ0) is 31.8. The van der Waals surface area contributed by atoms with Gasteiger partial charge in [0.1, 0.15) is 0 Å². The fourth-order valence-corrected chi connectivity index (χ4v) is 5.18. The SMILES string of the molecule is O=C([O-])C1([N+](=O)[O][Pb][O][N+](=O)C2(C(=O)[O-])C(O)=C([N+](=O)[O-])C=C([N+](=O)[O-])C2O)C(O)=C([N+](=O)[O-])C=C([N+](=O)[O-])C1O. The molecule has 218 valence electrons. The second-order valence-corrected chi connectivity index (χ2v) is 9.39. The summed E-state index contributed by atoms with van der Waals surface area (Å²) in [6, 6.07) is 0. The zero-order valence-corrected chi connectivity index (χ0v) is 22.7. The third-order valence-corrected chi connectivity index (χ3v) is 7.25. The first-order valence-corrected chi connectivity index (χ1v) is 12.7. The van der Waals surface area contributed by atoms with Crippen molar-refractivity contribution in [1.29, 1.82) is 0 Å². The van der Waals surface area contributed by atoms with E-state index in [-0.39, 0.29) is 12.2 Å². The van der Waals surface area contributed by atoms with Crippen molar-refractivity contribution in [2.24, 2.45) is 0 Å². The predicted octanol–water partition coefficient (Wildman–Crippen LogP) is -5.92. The summed E-state index contributed by atoms with van der Waals surface area (Å²) in [4.78, 5) is 84.1. The first-order chi connectivity index (χ1) is 18.8. The van der Waals surface area contributed by atoms with Crippen LogP contribution < -0.4 is 10.2 Å². The number of rotatable bonds is 12. The number of aliphatic hydroxyl groups is 4. The van der Waals surface area contributed by atoms with Gasteiger partial charge in [0.2, 0.25) is 0 Å². The summed E-state index contributed by atoms with van der Waals surface area (Å²) in [5.41, 5.74) is -15.6. The van der Waals surface area contributed by atoms with Crippen LogP contribution in [0.5, 0.6) is 0 Å². The van der Waals surface area contributed by atoms with E-state index >= 15 is 0 Å². The van der Waals surface area contributed by atoms with E-state index in [1.165, 1.54) is 0 Å². The van der Waals surface area contributed by atoms with Crippen molar-refractivity contribution in [3.63, 3.8) is 0 Å². The molecule has 0 amide bonds. The average molecular weight is 787 g/mol. The van der Waals surface area contributed by atoms with Crippen LogP contribution in [0.3, 0.4) is 0 Å². The summed E-state index contributed by atoms with van der Waals surface area (Å²) in [5.74, 6) is -10.3. The Morgan fingerprint density at radius 3 is 1.20 bits per heavy atom. The minimum absolute atomic E-state index is 0.122. The van der Waals surface area contributed by atoms with Crippen molar-refractivity contribution in [2.75, 3.05) is 0 Å². The van der Waals surface area contributed by atoms with Crippen LogP contribution in [0.25, 0.3) is 0 Å². The van der Waals surface area contributed by atoms with Crippen LogP contribution in [0.1, 0.15) is 0 Å². The molecule has 4 N–H and O–H groups in total. The normalized spacial score (nSPS) is 25.8. The molecule has 2 radical (unpaired) electrons. The average Bonchev–Trinajstić information content (AvgIpc) is 2.83. The van der Waals surface area contributed by atoms with Gasteiger partial charge in [0.05, 0.1) is 0 Å². The molecule has 0 saturated heterocycles. The van der Waals surface area contributed by atoms with Crippen LogP contribution >= 0.6 is 0 Å². The predicted molar refractivity (Wildman–Crippen MR) is 106 cm³/mol. The summed E-state index contributed by atoms with van der Waals surface area (Å²) in [6.07, 6.45) is -6.81. The van der Waals surface area contributed by atoms with Gasteiger partial charge in [-0.25, -0.2) is 0 Å². The van der Waals surface area contributed by atoms with Gasteiger partial charge in [-0.1, -0.05) is 0 Å². The van der Waals surface area contributed by atoms with Crippen molar-refractivity contribution in [3.05, 3.63) is 96.7 Å². The van der Waals surface area contributed by atoms with Gasteiger partial charge in [-0.05, 0) is 0 Å². The standard InChI is InChI=1S/2C7H5N3O10.Pb/c2*11-4-2(8(15)16)1-3(9(17)18)5(12)7(4,6(13)14)10(19)20;/h2*1,4,11-12H,(H,13,14);/q;;+2/p-2. The molecule has 2 rings (SSSR count). The van der Waals surface area contributed by atoms with E-state index in [4.69, 9.17) is 0 Å². The van der Waals surface area contributed by atoms with E-state index in [1.54, 1.807) is 0 Å². The van der Waals surface area contributed by atoms with Crippen LogP contribution in [0.4, 0.5) is 0 Å². The Morgan fingerprint density at radius 2 is 0.976 bits per heavy atom. The summed E-state index contributed by atoms with van der Waals surface area (Å²) < 4.78 is 8.47. The molecule has 0 spiro atoms. The van der Waals surface area contributed by atoms with Gasteiger partial charge in [0.15, 0.2) is 0 Å². The molecular weight excluding hydrogens is 779 g/mol. The van der Waals surface area contributed by atoms with Gasteiger partial charge in [-0.3, -0.25) is 0 Å². The molecule has 0 aromatic rings. The van der Waals surface area contributed by atoms with Gasteiger partial charge >= 0.3 is 232 Å². The summed E-state index contributed by atoms with van der Waals surface area (Å²) >= 11 is -4.33. The first-order valence-electron chi connectivity index (χ1n) is 9.53. The Labute approximate surface area is 232 Å². The van der Waals surface area contributed by atoms with Crippen LogP contribution in [0.2, 0.25) is 0 Å². The maximum atomic E-state index is 12.6. The molecule has 4 atom stereocenters. The van der Waals surface area contributed by atoms with Gasteiger partial charge in [0, 0.05) is 0 Å². The van der Waals surface area contributed by atoms with Crippen molar-refractivity contribution in [1.82, 2.24) is 0 Å². The molecule has 0 aromatic carbocycles. The van der Waals surface area contributed by atoms with Crippen molar-refractivity contribution in [2.45, 2.75) is 23.3 Å². The van der Waals surface area contributed by atoms with Crippen molar-refractivity contribution < 1.29 is 75.3 Å². The van der Waals surface area contributed by atoms with Crippen molar-refractivity contribution in [3.8, 4) is 0 Å². The Kier molecular flexibility index (Phi) is 8.64. The quantitative estimate of drug-likeness (QED) is 0.0812. The third-order valence-electron chi connectivity index (χ3n) is 5.38. The van der Waals surface area contributed by atoms with E-state index in [0.29, 0.717) is 0 Å². The Bertz CT molecular complexity index is 1340. The number of hydrogen-bond acceptors (Lipinski definition) is 20. The maximum absolute atomic E-state index is 12.6. The molecule has 0 fully saturated rings. The van der Waals surface area contributed by atoms with Crippen LogP contribution in [-0.4, -0.2) is 110 Å². The Hall–Kier alpha value is -5.26. The number of carboxylic acids is 2. The molecule has 2 aliphatic carbocycles. The number of aliphatic hydroxyl groups excluding tert-OH is 4. The molecule has 0 saturated carbocycles. The molecule has 0 heterocycles. The minimum atomic E-state index is -4.33. The Morgan fingerprint density at radius 1 is 0.683 bits per heavy atom. The monoisotopic (exact) mass is 788 g/mol. The molecule has 0 bridgehead atoms. The van der Waals surface area contributed by atoms with Crippen LogP contribution in [0.15, 0.2) is 46.5 Å². The molecule has 41 heavy (non-hydrogen) atoms. The summed E-state index contributed by atoms with van der Waals surface area (Å²) in [7, 11) is 0. The van der Waals surface area contributed by atoms with Gasteiger partial charge in [-0.15, -0.1) is 0 Å². The molecule has 4 unspecified atom stereocenters. The molecule has 27 heteroatoms. The molecule has 2 aliphatic rings. The number of carbonyl (C=O) groups excluding carboxylic acids is 2. The van der Waals surface area contributed by atoms with E-state index in [1.807, 2.05) is 0 Å². The number of allylic oxidation sites excluding steroid dienone is 2. The molecule has 26 nitrogen and oxygen atoms in total. The van der Waals surface area contributed by atoms with E-state index in [9.17, 15) is 90.5 Å². The fraction of sp³-hybridized carbons (Fsp3) is 0.286. The topological polar surface area (TPSA) is 392 Å². The number of nitro groups is 4. The number of hydrogen-bond donors (Lipinski definition) is 4. The molecule has 0 aliphatic heterocycles. The van der Waals surface area contributed by atoms with Gasteiger partial charge < -0.3 is 0 Å². The van der Waals surface area contributed by atoms with E-state index < -0.39 is 124 Å². The van der Waals surface area contributed by atoms with E-state index in [0.717, 1.165) is 0 Å². The number of carbonyl (C=O) groups is 2. The van der Waals surface area contributed by atoms with Crippen LogP contribution in [0, 0.1) is 50.3 Å². The zero-order valence-electron chi connectivity index (χ0n) is 18.8. The van der Waals surface area contributed by atoms with E-state index in [2.05, 4.69) is 5.58 Å². The fourth-order valence-electron chi connectivity index (χ4n) is 3.40. The number of nitrogens with zero attached hydrogens (tertiary/aromatic N) is 6. The summed E-state index contributed by atoms with van der Waals surface area (Å²) in [6.45, 7) is 0. The second-order valence-electron chi connectivity index (χ2n) is 7.33. The van der Waals surface area contributed by atoms with Gasteiger partial charge in [-0.2, -0.15) is 0 Å². The van der Waals surface area contributed by atoms with Gasteiger partial charge in [0.25, 0.3) is 0 Å². The van der Waals surface area contributed by atoms with Crippen molar-refractivity contribution >= 4 is 37.1 Å². The molecule has 0 aromatic heterocycles. The van der Waals surface area contributed by atoms with Crippen LogP contribution in [-0.2, 0) is 15.2 Å². The number of carboxylic acid groups (broad SMARTS) is 2. The summed E-state index contributed by atoms with van der Waals surface area (Å²) in [5, 5.41) is 109. The second kappa shape index (κ2) is 11.1. The molecular formula is C14H8N6O20Pb. The Balaban J connectivity index is 2.53. The number of aliphatic carboxylic acids is 2. The third kappa shape index (κ3) is 4.73. The first kappa shape index (κ1) is 32.0.